The van der Waals surface area contributed by atoms with Gasteiger partial charge in [0.05, 0.1) is 36.8 Å². The van der Waals surface area contributed by atoms with Crippen LogP contribution in [0.2, 0.25) is 0 Å². The van der Waals surface area contributed by atoms with E-state index in [-0.39, 0.29) is 11.9 Å². The van der Waals surface area contributed by atoms with E-state index in [1.54, 1.807) is 16.8 Å². The summed E-state index contributed by atoms with van der Waals surface area (Å²) >= 11 is 0. The van der Waals surface area contributed by atoms with Gasteiger partial charge in [0.2, 0.25) is 0 Å². The highest BCUT2D eigenvalue weighted by molar-refractivity contribution is 6.04. The van der Waals surface area contributed by atoms with Crippen molar-refractivity contribution in [1.82, 2.24) is 19.3 Å². The van der Waals surface area contributed by atoms with E-state index in [4.69, 9.17) is 0 Å². The highest BCUT2D eigenvalue weighted by atomic mass is 16.5. The number of hydrogen-bond acceptors (Lipinski definition) is 6. The first-order valence-corrected chi connectivity index (χ1v) is 9.30. The van der Waals surface area contributed by atoms with E-state index in [2.05, 4.69) is 20.0 Å². The summed E-state index contributed by atoms with van der Waals surface area (Å²) in [6.07, 6.45) is 5.43. The minimum absolute atomic E-state index is 0.284. The number of aromatic nitrogens is 3. The van der Waals surface area contributed by atoms with Crippen molar-refractivity contribution in [2.75, 3.05) is 19.0 Å². The number of carbonyl (C=O) groups is 3. The van der Waals surface area contributed by atoms with Crippen LogP contribution >= 0.6 is 0 Å². The normalized spacial score (nSPS) is 15.9. The van der Waals surface area contributed by atoms with Crippen molar-refractivity contribution in [3.8, 4) is 0 Å². The molecule has 1 aliphatic heterocycles. The predicted octanol–water partition coefficient (Wildman–Crippen LogP) is 2.58. The Kier molecular flexibility index (Phi) is 5.05. The van der Waals surface area contributed by atoms with Gasteiger partial charge in [0.1, 0.15) is 5.82 Å². The first-order chi connectivity index (χ1) is 14.5. The molecule has 0 aliphatic carbocycles. The third-order valence-corrected chi connectivity index (χ3v) is 5.01. The number of carboxylic acid groups (broad SMARTS) is 1. The second kappa shape index (κ2) is 7.82. The largest absolute Gasteiger partial charge is 0.465 e. The second-order valence-corrected chi connectivity index (χ2v) is 6.86. The maximum absolute atomic E-state index is 12.5. The third kappa shape index (κ3) is 3.66. The summed E-state index contributed by atoms with van der Waals surface area (Å²) in [5, 5.41) is 12.0. The lowest BCUT2D eigenvalue weighted by Gasteiger charge is -2.19. The Morgan fingerprint density at radius 2 is 1.90 bits per heavy atom. The molecule has 1 unspecified atom stereocenters. The number of hydrogen-bond donors (Lipinski definition) is 2. The molecular weight excluding hydrogens is 390 g/mol. The molecule has 30 heavy (non-hydrogen) atoms. The van der Waals surface area contributed by atoms with Gasteiger partial charge in [-0.3, -0.25) is 9.69 Å². The molecule has 0 saturated carbocycles. The topological polar surface area (TPSA) is 126 Å². The molecule has 1 aromatic carbocycles. The lowest BCUT2D eigenvalue weighted by atomic mass is 10.1. The van der Waals surface area contributed by atoms with E-state index in [1.165, 1.54) is 42.5 Å². The van der Waals surface area contributed by atoms with Gasteiger partial charge in [-0.2, -0.15) is 0 Å². The van der Waals surface area contributed by atoms with E-state index < -0.39 is 12.1 Å². The Morgan fingerprint density at radius 3 is 2.60 bits per heavy atom. The average Bonchev–Trinajstić information content (AvgIpc) is 3.39. The standard InChI is InChI=1S/C20H19N5O5/c1-30-19(27)13-6-4-12(5-7-13)18(26)23-16-11-24-10-14(22-17(24)9-21-16)15-3-2-8-25(15)20(28)29/h4-7,9-11,15H,2-3,8H2,1H3,(H,23,26)(H,28,29). The van der Waals surface area contributed by atoms with Crippen LogP contribution in [0.5, 0.6) is 0 Å². The number of amides is 2. The molecule has 1 atom stereocenters. The van der Waals surface area contributed by atoms with Gasteiger partial charge in [-0.05, 0) is 37.1 Å². The quantitative estimate of drug-likeness (QED) is 0.634. The van der Waals surface area contributed by atoms with Crippen molar-refractivity contribution >= 4 is 29.4 Å². The molecule has 3 aromatic rings. The first kappa shape index (κ1) is 19.4. The second-order valence-electron chi connectivity index (χ2n) is 6.86. The summed E-state index contributed by atoms with van der Waals surface area (Å²) in [5.74, 6) is -0.546. The van der Waals surface area contributed by atoms with E-state index in [9.17, 15) is 19.5 Å². The summed E-state index contributed by atoms with van der Waals surface area (Å²) in [6, 6.07) is 5.78. The van der Waals surface area contributed by atoms with E-state index >= 15 is 0 Å². The molecule has 0 bridgehead atoms. The molecule has 2 amide bonds. The number of carbonyl (C=O) groups excluding carboxylic acids is 2. The lowest BCUT2D eigenvalue weighted by Crippen LogP contribution is -2.28. The van der Waals surface area contributed by atoms with Gasteiger partial charge in [-0.25, -0.2) is 19.6 Å². The number of anilines is 1. The van der Waals surface area contributed by atoms with Gasteiger partial charge < -0.3 is 19.6 Å². The Labute approximate surface area is 171 Å². The number of fused-ring (bicyclic) bond motifs is 1. The van der Waals surface area contributed by atoms with Crippen LogP contribution in [0.25, 0.3) is 5.65 Å². The zero-order valence-electron chi connectivity index (χ0n) is 16.1. The number of nitrogens with zero attached hydrogens (tertiary/aromatic N) is 4. The lowest BCUT2D eigenvalue weighted by molar-refractivity contribution is 0.0600. The summed E-state index contributed by atoms with van der Waals surface area (Å²) in [6.45, 7) is 0.488. The fourth-order valence-corrected chi connectivity index (χ4v) is 3.51. The Morgan fingerprint density at radius 1 is 1.17 bits per heavy atom. The molecule has 10 heteroatoms. The molecule has 4 rings (SSSR count). The Bertz CT molecular complexity index is 1120. The number of likely N-dealkylation sites (tertiary alicyclic amines) is 1. The van der Waals surface area contributed by atoms with Crippen LogP contribution in [-0.4, -0.2) is 56.0 Å². The fraction of sp³-hybridized carbons (Fsp3) is 0.250. The number of nitrogens with one attached hydrogen (secondary N) is 1. The number of rotatable bonds is 4. The van der Waals surface area contributed by atoms with Crippen molar-refractivity contribution < 1.29 is 24.2 Å². The molecule has 0 radical (unpaired) electrons. The number of imidazole rings is 1. The van der Waals surface area contributed by atoms with Crippen LogP contribution in [0.3, 0.4) is 0 Å². The van der Waals surface area contributed by atoms with Crippen molar-refractivity contribution in [3.63, 3.8) is 0 Å². The van der Waals surface area contributed by atoms with Crippen molar-refractivity contribution in [2.45, 2.75) is 18.9 Å². The van der Waals surface area contributed by atoms with Gasteiger partial charge in [0, 0.05) is 18.3 Å². The van der Waals surface area contributed by atoms with Gasteiger partial charge >= 0.3 is 12.1 Å². The van der Waals surface area contributed by atoms with Crippen molar-refractivity contribution in [2.24, 2.45) is 0 Å². The van der Waals surface area contributed by atoms with Crippen LogP contribution in [0.15, 0.2) is 42.9 Å². The van der Waals surface area contributed by atoms with Crippen LogP contribution in [0.1, 0.15) is 45.3 Å². The maximum atomic E-state index is 12.5. The molecule has 1 fully saturated rings. The molecule has 1 saturated heterocycles. The molecular formula is C20H19N5O5. The van der Waals surface area contributed by atoms with Crippen LogP contribution in [0, 0.1) is 0 Å². The summed E-state index contributed by atoms with van der Waals surface area (Å²) in [4.78, 5) is 45.4. The minimum atomic E-state index is -0.959. The molecule has 2 aromatic heterocycles. The number of methoxy groups -OCH3 is 1. The van der Waals surface area contributed by atoms with E-state index in [1.807, 2.05) is 0 Å². The molecule has 154 valence electrons. The Balaban J connectivity index is 1.52. The van der Waals surface area contributed by atoms with Gasteiger partial charge in [-0.1, -0.05) is 0 Å². The monoisotopic (exact) mass is 409 g/mol. The van der Waals surface area contributed by atoms with Gasteiger partial charge in [0.25, 0.3) is 5.91 Å². The highest BCUT2D eigenvalue weighted by Gasteiger charge is 2.31. The van der Waals surface area contributed by atoms with Crippen molar-refractivity contribution in [3.05, 3.63) is 59.7 Å². The van der Waals surface area contributed by atoms with Crippen molar-refractivity contribution in [1.29, 1.82) is 0 Å². The zero-order valence-corrected chi connectivity index (χ0v) is 16.1. The molecule has 1 aliphatic rings. The van der Waals surface area contributed by atoms with E-state index in [0.717, 1.165) is 12.8 Å². The predicted molar refractivity (Wildman–Crippen MR) is 105 cm³/mol. The zero-order chi connectivity index (χ0) is 21.3. The Hall–Kier alpha value is -3.95. The smallest absolute Gasteiger partial charge is 0.407 e. The minimum Gasteiger partial charge on any atom is -0.465 e. The number of ether oxygens (including phenoxy) is 1. The highest BCUT2D eigenvalue weighted by Crippen LogP contribution is 2.31. The summed E-state index contributed by atoms with van der Waals surface area (Å²) < 4.78 is 6.34. The van der Waals surface area contributed by atoms with Gasteiger partial charge in [-0.15, -0.1) is 0 Å². The molecule has 0 spiro atoms. The summed E-state index contributed by atoms with van der Waals surface area (Å²) in [5.41, 5.74) is 1.92. The maximum Gasteiger partial charge on any atom is 0.407 e. The van der Waals surface area contributed by atoms with Crippen LogP contribution in [-0.2, 0) is 4.74 Å². The number of esters is 1. The van der Waals surface area contributed by atoms with E-state index in [0.29, 0.717) is 34.8 Å². The molecule has 10 nitrogen and oxygen atoms in total. The average molecular weight is 409 g/mol. The third-order valence-electron chi connectivity index (χ3n) is 5.01. The molecule has 3 heterocycles. The summed E-state index contributed by atoms with van der Waals surface area (Å²) in [7, 11) is 1.29. The van der Waals surface area contributed by atoms with Crippen LogP contribution < -0.4 is 5.32 Å². The van der Waals surface area contributed by atoms with Gasteiger partial charge in [0.15, 0.2) is 5.65 Å². The number of benzene rings is 1. The van der Waals surface area contributed by atoms with Crippen LogP contribution in [0.4, 0.5) is 10.6 Å². The fourth-order valence-electron chi connectivity index (χ4n) is 3.51. The SMILES string of the molecule is COC(=O)c1ccc(C(=O)Nc2cn3cc(C4CCCN4C(=O)O)nc3cn2)cc1. The first-order valence-electron chi connectivity index (χ1n) is 9.30. The molecule has 2 N–H and O–H groups in total.